The highest BCUT2D eigenvalue weighted by molar-refractivity contribution is 7.92. The number of carbonyl (C=O) groups excluding carboxylic acids is 1. The summed E-state index contributed by atoms with van der Waals surface area (Å²) in [6.07, 6.45) is 1.54. The zero-order valence-corrected chi connectivity index (χ0v) is 17.0. The van der Waals surface area contributed by atoms with Crippen molar-refractivity contribution in [3.05, 3.63) is 94.5 Å². The SMILES string of the molecule is Cc1ccccc1/C=N\NC(=O)c1cccc(S(=O)(=O)Nc2ccc(Cl)cc2)c1. The van der Waals surface area contributed by atoms with E-state index in [1.807, 2.05) is 31.2 Å². The Morgan fingerprint density at radius 2 is 1.72 bits per heavy atom. The van der Waals surface area contributed by atoms with Crippen LogP contribution in [0.2, 0.25) is 5.02 Å². The number of aryl methyl sites for hydroxylation is 1. The van der Waals surface area contributed by atoms with E-state index < -0.39 is 15.9 Å². The average molecular weight is 428 g/mol. The molecular formula is C21H18ClN3O3S. The van der Waals surface area contributed by atoms with Crippen LogP contribution in [0, 0.1) is 6.92 Å². The average Bonchev–Trinajstić information content (AvgIpc) is 2.71. The summed E-state index contributed by atoms with van der Waals surface area (Å²) in [4.78, 5) is 12.3. The van der Waals surface area contributed by atoms with Gasteiger partial charge in [0.2, 0.25) is 0 Å². The second-order valence-electron chi connectivity index (χ2n) is 6.20. The molecule has 0 aliphatic carbocycles. The maximum atomic E-state index is 12.6. The molecule has 0 spiro atoms. The van der Waals surface area contributed by atoms with Crippen LogP contribution in [-0.2, 0) is 10.0 Å². The predicted octanol–water partition coefficient (Wildman–Crippen LogP) is 4.21. The number of amides is 1. The first-order valence-electron chi connectivity index (χ1n) is 8.63. The monoisotopic (exact) mass is 427 g/mol. The van der Waals surface area contributed by atoms with Crippen molar-refractivity contribution in [2.24, 2.45) is 5.10 Å². The van der Waals surface area contributed by atoms with Gasteiger partial charge >= 0.3 is 0 Å². The Balaban J connectivity index is 1.73. The molecule has 0 saturated heterocycles. The van der Waals surface area contributed by atoms with Crippen LogP contribution in [0.3, 0.4) is 0 Å². The molecule has 0 fully saturated rings. The van der Waals surface area contributed by atoms with E-state index in [-0.39, 0.29) is 10.5 Å². The Hall–Kier alpha value is -3.16. The van der Waals surface area contributed by atoms with Crippen molar-refractivity contribution in [3.63, 3.8) is 0 Å². The largest absolute Gasteiger partial charge is 0.280 e. The molecule has 0 heterocycles. The summed E-state index contributed by atoms with van der Waals surface area (Å²) in [7, 11) is -3.86. The van der Waals surface area contributed by atoms with Gasteiger partial charge in [0.25, 0.3) is 15.9 Å². The fraction of sp³-hybridized carbons (Fsp3) is 0.0476. The number of benzene rings is 3. The van der Waals surface area contributed by atoms with Gasteiger partial charge in [0.15, 0.2) is 0 Å². The van der Waals surface area contributed by atoms with Crippen LogP contribution in [0.25, 0.3) is 0 Å². The number of nitrogens with zero attached hydrogens (tertiary/aromatic N) is 1. The van der Waals surface area contributed by atoms with Crippen molar-refractivity contribution in [1.29, 1.82) is 0 Å². The van der Waals surface area contributed by atoms with Crippen molar-refractivity contribution in [3.8, 4) is 0 Å². The van der Waals surface area contributed by atoms with Crippen molar-refractivity contribution in [2.45, 2.75) is 11.8 Å². The number of rotatable bonds is 6. The highest BCUT2D eigenvalue weighted by Crippen LogP contribution is 2.19. The first kappa shape index (κ1) is 20.6. The summed E-state index contributed by atoms with van der Waals surface area (Å²) in [6.45, 7) is 1.94. The minimum atomic E-state index is -3.86. The van der Waals surface area contributed by atoms with E-state index in [4.69, 9.17) is 11.6 Å². The number of hydrogen-bond acceptors (Lipinski definition) is 4. The van der Waals surface area contributed by atoms with E-state index in [0.717, 1.165) is 11.1 Å². The zero-order chi connectivity index (χ0) is 20.9. The third kappa shape index (κ3) is 5.43. The maximum absolute atomic E-state index is 12.6. The Kier molecular flexibility index (Phi) is 6.31. The molecule has 148 valence electrons. The fourth-order valence-electron chi connectivity index (χ4n) is 2.49. The Labute approximate surface area is 174 Å². The predicted molar refractivity (Wildman–Crippen MR) is 115 cm³/mol. The smallest absolute Gasteiger partial charge is 0.271 e. The third-order valence-corrected chi connectivity index (χ3v) is 5.69. The number of nitrogens with one attached hydrogen (secondary N) is 2. The Bertz CT molecular complexity index is 1160. The lowest BCUT2D eigenvalue weighted by Crippen LogP contribution is -2.19. The van der Waals surface area contributed by atoms with Gasteiger partial charge in [0.05, 0.1) is 11.1 Å². The van der Waals surface area contributed by atoms with Crippen LogP contribution >= 0.6 is 11.6 Å². The number of hydrogen-bond donors (Lipinski definition) is 2. The summed E-state index contributed by atoms with van der Waals surface area (Å²) in [6, 6.07) is 19.6. The highest BCUT2D eigenvalue weighted by Gasteiger charge is 2.16. The molecular weight excluding hydrogens is 410 g/mol. The lowest BCUT2D eigenvalue weighted by Gasteiger charge is -2.09. The molecule has 0 saturated carbocycles. The quantitative estimate of drug-likeness (QED) is 0.456. The third-order valence-electron chi connectivity index (χ3n) is 4.06. The van der Waals surface area contributed by atoms with Gasteiger partial charge in [-0.15, -0.1) is 0 Å². The molecule has 6 nitrogen and oxygen atoms in total. The molecule has 29 heavy (non-hydrogen) atoms. The second kappa shape index (κ2) is 8.89. The molecule has 2 N–H and O–H groups in total. The van der Waals surface area contributed by atoms with Crippen molar-refractivity contribution in [2.75, 3.05) is 4.72 Å². The maximum Gasteiger partial charge on any atom is 0.271 e. The van der Waals surface area contributed by atoms with Crippen LogP contribution in [0.1, 0.15) is 21.5 Å². The van der Waals surface area contributed by atoms with Gasteiger partial charge in [-0.2, -0.15) is 5.10 Å². The molecule has 3 aromatic rings. The van der Waals surface area contributed by atoms with Gasteiger partial charge in [-0.1, -0.05) is 41.9 Å². The van der Waals surface area contributed by atoms with E-state index in [0.29, 0.717) is 10.7 Å². The van der Waals surface area contributed by atoms with Gasteiger partial charge in [-0.05, 0) is 60.5 Å². The van der Waals surface area contributed by atoms with E-state index in [9.17, 15) is 13.2 Å². The molecule has 0 aliphatic heterocycles. The summed E-state index contributed by atoms with van der Waals surface area (Å²) < 4.78 is 27.6. The number of anilines is 1. The standard InChI is InChI=1S/C21H18ClN3O3S/c1-15-5-2-3-6-17(15)14-23-24-21(26)16-7-4-8-20(13-16)29(27,28)25-19-11-9-18(22)10-12-19/h2-14,25H,1H3,(H,24,26)/b23-14-. The van der Waals surface area contributed by atoms with Gasteiger partial charge in [0.1, 0.15) is 0 Å². The van der Waals surface area contributed by atoms with E-state index in [1.54, 1.807) is 24.3 Å². The van der Waals surface area contributed by atoms with E-state index in [1.165, 1.54) is 30.5 Å². The summed E-state index contributed by atoms with van der Waals surface area (Å²) in [5.74, 6) is -0.515. The van der Waals surface area contributed by atoms with E-state index in [2.05, 4.69) is 15.2 Å². The molecule has 8 heteroatoms. The number of hydrazone groups is 1. The lowest BCUT2D eigenvalue weighted by atomic mass is 10.1. The summed E-state index contributed by atoms with van der Waals surface area (Å²) >= 11 is 5.81. The van der Waals surface area contributed by atoms with Crippen molar-refractivity contribution in [1.82, 2.24) is 5.43 Å². The number of sulfonamides is 1. The lowest BCUT2D eigenvalue weighted by molar-refractivity contribution is 0.0955. The topological polar surface area (TPSA) is 87.6 Å². The molecule has 1 amide bonds. The molecule has 0 radical (unpaired) electrons. The number of halogens is 1. The van der Waals surface area contributed by atoms with Gasteiger partial charge in [-0.25, -0.2) is 13.8 Å². The van der Waals surface area contributed by atoms with Crippen LogP contribution in [0.4, 0.5) is 5.69 Å². The molecule has 0 aromatic heterocycles. The first-order valence-corrected chi connectivity index (χ1v) is 10.5. The summed E-state index contributed by atoms with van der Waals surface area (Å²) in [5, 5.41) is 4.44. The van der Waals surface area contributed by atoms with Crippen molar-refractivity contribution < 1.29 is 13.2 Å². The highest BCUT2D eigenvalue weighted by atomic mass is 35.5. The Morgan fingerprint density at radius 3 is 2.45 bits per heavy atom. The molecule has 3 rings (SSSR count). The molecule has 0 bridgehead atoms. The molecule has 0 unspecified atom stereocenters. The van der Waals surface area contributed by atoms with Crippen LogP contribution in [0.5, 0.6) is 0 Å². The van der Waals surface area contributed by atoms with Crippen LogP contribution < -0.4 is 10.1 Å². The normalized spacial score (nSPS) is 11.4. The van der Waals surface area contributed by atoms with Gasteiger partial charge in [0, 0.05) is 16.3 Å². The number of carbonyl (C=O) groups is 1. The zero-order valence-electron chi connectivity index (χ0n) is 15.5. The molecule has 3 aromatic carbocycles. The van der Waals surface area contributed by atoms with Gasteiger partial charge in [-0.3, -0.25) is 9.52 Å². The minimum absolute atomic E-state index is 0.0389. The van der Waals surface area contributed by atoms with Crippen LogP contribution in [-0.4, -0.2) is 20.5 Å². The first-order chi connectivity index (χ1) is 13.8. The Morgan fingerprint density at radius 1 is 1.00 bits per heavy atom. The molecule has 0 atom stereocenters. The fourth-order valence-corrected chi connectivity index (χ4v) is 3.72. The van der Waals surface area contributed by atoms with Crippen molar-refractivity contribution >= 4 is 39.4 Å². The minimum Gasteiger partial charge on any atom is -0.280 e. The summed E-state index contributed by atoms with van der Waals surface area (Å²) in [5.41, 5.74) is 4.84. The van der Waals surface area contributed by atoms with Gasteiger partial charge < -0.3 is 0 Å². The second-order valence-corrected chi connectivity index (χ2v) is 8.31. The molecule has 0 aliphatic rings. The van der Waals surface area contributed by atoms with Crippen LogP contribution in [0.15, 0.2) is 82.8 Å². The van der Waals surface area contributed by atoms with E-state index >= 15 is 0 Å².